The van der Waals surface area contributed by atoms with E-state index < -0.39 is 10.0 Å². The number of nitrogens with two attached hydrogens (primary N) is 1. The van der Waals surface area contributed by atoms with Crippen molar-refractivity contribution < 1.29 is 8.76 Å². The van der Waals surface area contributed by atoms with E-state index in [1.165, 1.54) is 18.3 Å². The molecule has 106 valence electrons. The molecule has 1 unspecified atom stereocenters. The lowest BCUT2D eigenvalue weighted by molar-refractivity contribution is 0.552. The number of hydrogen-bond acceptors (Lipinski definition) is 5. The molecule has 0 bridgehead atoms. The lowest BCUT2D eigenvalue weighted by atomic mass is 10.3. The zero-order valence-electron chi connectivity index (χ0n) is 10.9. The van der Waals surface area contributed by atoms with Crippen LogP contribution in [0, 0.1) is 0 Å². The van der Waals surface area contributed by atoms with Crippen molar-refractivity contribution in [1.29, 1.82) is 0 Å². The second-order valence-electron chi connectivity index (χ2n) is 4.37. The molecule has 3 rings (SSSR count). The SMILES string of the molecule is Nc1ccc(S(=O)(O)=Nc2cnc3ccccc3n2)cc1. The molecule has 21 heavy (non-hydrogen) atoms. The van der Waals surface area contributed by atoms with Crippen LogP contribution < -0.4 is 5.73 Å². The third kappa shape index (κ3) is 2.83. The van der Waals surface area contributed by atoms with Gasteiger partial charge in [-0.2, -0.15) is 4.36 Å². The number of benzene rings is 2. The Morgan fingerprint density at radius 3 is 2.43 bits per heavy atom. The van der Waals surface area contributed by atoms with E-state index in [1.54, 1.807) is 18.2 Å². The molecular weight excluding hydrogens is 288 g/mol. The fourth-order valence-corrected chi connectivity index (χ4v) is 2.75. The summed E-state index contributed by atoms with van der Waals surface area (Å²) in [5.74, 6) is 0.109. The quantitative estimate of drug-likeness (QED) is 0.708. The van der Waals surface area contributed by atoms with E-state index in [0.717, 1.165) is 0 Å². The highest BCUT2D eigenvalue weighted by atomic mass is 32.2. The van der Waals surface area contributed by atoms with Crippen molar-refractivity contribution in [2.75, 3.05) is 5.73 Å². The summed E-state index contributed by atoms with van der Waals surface area (Å²) in [7, 11) is -3.58. The first-order chi connectivity index (χ1) is 10.0. The van der Waals surface area contributed by atoms with Crippen LogP contribution in [0.15, 0.2) is 64.0 Å². The molecule has 3 aromatic rings. The molecule has 0 aliphatic carbocycles. The molecule has 1 heterocycles. The first kappa shape index (κ1) is 13.5. The Bertz CT molecular complexity index is 916. The number of hydrogen-bond donors (Lipinski definition) is 2. The molecule has 0 saturated heterocycles. The highest BCUT2D eigenvalue weighted by Gasteiger charge is 2.09. The number of aromatic nitrogens is 2. The van der Waals surface area contributed by atoms with Gasteiger partial charge in [-0.1, -0.05) is 12.1 Å². The lowest BCUT2D eigenvalue weighted by Crippen LogP contribution is -1.99. The van der Waals surface area contributed by atoms with Crippen LogP contribution in [0.1, 0.15) is 0 Å². The van der Waals surface area contributed by atoms with Gasteiger partial charge in [0.15, 0.2) is 15.8 Å². The maximum Gasteiger partial charge on any atom is 0.197 e. The van der Waals surface area contributed by atoms with Crippen LogP contribution in [0.5, 0.6) is 0 Å². The average molecular weight is 300 g/mol. The number of fused-ring (bicyclic) bond motifs is 1. The highest BCUT2D eigenvalue weighted by molar-refractivity contribution is 7.88. The van der Waals surface area contributed by atoms with E-state index in [1.807, 2.05) is 18.2 Å². The Kier molecular flexibility index (Phi) is 3.28. The predicted octanol–water partition coefficient (Wildman–Crippen LogP) is 2.84. The van der Waals surface area contributed by atoms with Crippen LogP contribution >= 0.6 is 0 Å². The van der Waals surface area contributed by atoms with Crippen molar-refractivity contribution in [3.63, 3.8) is 0 Å². The Morgan fingerprint density at radius 1 is 1.05 bits per heavy atom. The van der Waals surface area contributed by atoms with Gasteiger partial charge in [-0.15, -0.1) is 0 Å². The van der Waals surface area contributed by atoms with E-state index in [-0.39, 0.29) is 10.7 Å². The minimum absolute atomic E-state index is 0.109. The summed E-state index contributed by atoms with van der Waals surface area (Å²) in [5.41, 5.74) is 7.39. The first-order valence-corrected chi connectivity index (χ1v) is 7.59. The van der Waals surface area contributed by atoms with Crippen LogP contribution in [0.25, 0.3) is 11.0 Å². The molecule has 3 N–H and O–H groups in total. The maximum atomic E-state index is 12.3. The molecule has 1 aromatic heterocycles. The van der Waals surface area contributed by atoms with Crippen molar-refractivity contribution in [1.82, 2.24) is 9.97 Å². The van der Waals surface area contributed by atoms with E-state index in [4.69, 9.17) is 5.73 Å². The second-order valence-corrected chi connectivity index (χ2v) is 6.02. The Hall–Kier alpha value is -2.51. The van der Waals surface area contributed by atoms with Crippen molar-refractivity contribution in [3.8, 4) is 0 Å². The second kappa shape index (κ2) is 5.12. The molecule has 2 aromatic carbocycles. The third-order valence-corrected chi connectivity index (χ3v) is 4.16. The summed E-state index contributed by atoms with van der Waals surface area (Å²) in [6, 6.07) is 13.3. The highest BCUT2D eigenvalue weighted by Crippen LogP contribution is 2.19. The predicted molar refractivity (Wildman–Crippen MR) is 81.5 cm³/mol. The maximum absolute atomic E-state index is 12.3. The van der Waals surface area contributed by atoms with E-state index >= 15 is 0 Å². The van der Waals surface area contributed by atoms with Gasteiger partial charge in [-0.25, -0.2) is 9.19 Å². The van der Waals surface area contributed by atoms with Gasteiger partial charge in [0.25, 0.3) is 0 Å². The minimum atomic E-state index is -3.58. The smallest absolute Gasteiger partial charge is 0.197 e. The summed E-state index contributed by atoms with van der Waals surface area (Å²) in [4.78, 5) is 8.54. The molecule has 0 fully saturated rings. The van der Waals surface area contributed by atoms with Crippen LogP contribution in [0.3, 0.4) is 0 Å². The van der Waals surface area contributed by atoms with E-state index in [9.17, 15) is 8.76 Å². The van der Waals surface area contributed by atoms with Gasteiger partial charge in [-0.3, -0.25) is 9.54 Å². The fourth-order valence-electron chi connectivity index (χ4n) is 1.82. The van der Waals surface area contributed by atoms with Gasteiger partial charge in [0, 0.05) is 5.69 Å². The summed E-state index contributed by atoms with van der Waals surface area (Å²) in [6.45, 7) is 0. The van der Waals surface area contributed by atoms with E-state index in [0.29, 0.717) is 16.7 Å². The van der Waals surface area contributed by atoms with Gasteiger partial charge in [-0.05, 0) is 36.4 Å². The normalized spacial score (nSPS) is 13.8. The summed E-state index contributed by atoms with van der Waals surface area (Å²) >= 11 is 0. The Morgan fingerprint density at radius 2 is 1.71 bits per heavy atom. The fraction of sp³-hybridized carbons (Fsp3) is 0. The largest absolute Gasteiger partial charge is 0.399 e. The zero-order valence-corrected chi connectivity index (χ0v) is 11.7. The molecular formula is C14H12N4O2S. The Balaban J connectivity index is 2.09. The summed E-state index contributed by atoms with van der Waals surface area (Å²) in [6.07, 6.45) is 1.37. The number of nitrogens with zero attached hydrogens (tertiary/aromatic N) is 3. The number of rotatable bonds is 2. The van der Waals surface area contributed by atoms with Crippen LogP contribution in [0.2, 0.25) is 0 Å². The van der Waals surface area contributed by atoms with Crippen LogP contribution in [-0.2, 0) is 10.0 Å². The van der Waals surface area contributed by atoms with Crippen molar-refractivity contribution in [3.05, 3.63) is 54.7 Å². The zero-order chi connectivity index (χ0) is 14.9. The Labute approximate surface area is 121 Å². The molecule has 6 nitrogen and oxygen atoms in total. The van der Waals surface area contributed by atoms with Gasteiger partial charge < -0.3 is 5.73 Å². The molecule has 0 spiro atoms. The minimum Gasteiger partial charge on any atom is -0.399 e. The molecule has 0 amide bonds. The average Bonchev–Trinajstić information content (AvgIpc) is 2.47. The summed E-state index contributed by atoms with van der Waals surface area (Å²) < 4.78 is 26.1. The molecule has 0 radical (unpaired) electrons. The molecule has 0 aliphatic heterocycles. The van der Waals surface area contributed by atoms with Crippen LogP contribution in [-0.4, -0.2) is 18.7 Å². The third-order valence-electron chi connectivity index (χ3n) is 2.84. The number of anilines is 1. The monoisotopic (exact) mass is 300 g/mol. The summed E-state index contributed by atoms with van der Waals surface area (Å²) in [5, 5.41) is 0. The van der Waals surface area contributed by atoms with Crippen LogP contribution in [0.4, 0.5) is 11.5 Å². The molecule has 0 aliphatic rings. The van der Waals surface area contributed by atoms with Gasteiger partial charge in [0.1, 0.15) is 0 Å². The van der Waals surface area contributed by atoms with Gasteiger partial charge in [0.2, 0.25) is 0 Å². The molecule has 0 saturated carbocycles. The van der Waals surface area contributed by atoms with Crippen molar-refractivity contribution in [2.24, 2.45) is 4.36 Å². The number of nitrogen functional groups attached to an aromatic ring is 1. The van der Waals surface area contributed by atoms with Crippen molar-refractivity contribution >= 4 is 32.5 Å². The molecule has 1 atom stereocenters. The number of para-hydroxylation sites is 2. The van der Waals surface area contributed by atoms with E-state index in [2.05, 4.69) is 14.3 Å². The van der Waals surface area contributed by atoms with Crippen molar-refractivity contribution in [2.45, 2.75) is 4.90 Å². The molecule has 7 heteroatoms. The van der Waals surface area contributed by atoms with Gasteiger partial charge >= 0.3 is 0 Å². The standard InChI is InChI=1S/C14H12N4O2S/c15-10-5-7-11(8-6-10)21(19,20)18-14-9-16-12-3-1-2-4-13(12)17-14/h1-9H,15H2,(H,17,18,19,20). The topological polar surface area (TPSA) is 101 Å². The van der Waals surface area contributed by atoms with Gasteiger partial charge in [0.05, 0.1) is 22.1 Å². The first-order valence-electron chi connectivity index (χ1n) is 6.11. The lowest BCUT2D eigenvalue weighted by Gasteiger charge is -2.03.